The number of nitrogens with zero attached hydrogens (tertiary/aromatic N) is 5. The second-order valence-corrected chi connectivity index (χ2v) is 11.6. The Labute approximate surface area is 256 Å². The lowest BCUT2D eigenvalue weighted by molar-refractivity contribution is 0.286. The van der Waals surface area contributed by atoms with Gasteiger partial charge in [-0.1, -0.05) is 34.4 Å². The average Bonchev–Trinajstić information content (AvgIpc) is 3.64. The number of hydrogen-bond acceptors (Lipinski definition) is 9. The summed E-state index contributed by atoms with van der Waals surface area (Å²) in [5.41, 5.74) is 2.81. The highest BCUT2D eigenvalue weighted by molar-refractivity contribution is 6.33. The largest absolute Gasteiger partial charge is 0.484 e. The Hall–Kier alpha value is -4.30. The van der Waals surface area contributed by atoms with E-state index in [2.05, 4.69) is 31.8 Å². The number of halogens is 3. The molecule has 0 radical (unpaired) electrons. The number of rotatable bonds is 7. The van der Waals surface area contributed by atoms with E-state index in [0.717, 1.165) is 25.2 Å². The van der Waals surface area contributed by atoms with Crippen LogP contribution >= 0.6 is 23.2 Å². The number of anilines is 2. The Kier molecular flexibility index (Phi) is 7.31. The van der Waals surface area contributed by atoms with E-state index in [1.165, 1.54) is 24.8 Å². The molecule has 9 nitrogen and oxygen atoms in total. The molecular formula is C31H24Cl2FN7O2. The minimum Gasteiger partial charge on any atom is -0.484 e. The van der Waals surface area contributed by atoms with Crippen molar-refractivity contribution in [3.05, 3.63) is 87.8 Å². The molecule has 1 aliphatic carbocycles. The molecule has 12 heteroatoms. The topological polar surface area (TPSA) is 122 Å². The molecule has 2 fully saturated rings. The quantitative estimate of drug-likeness (QED) is 0.183. The first-order chi connectivity index (χ1) is 20.9. The van der Waals surface area contributed by atoms with E-state index < -0.39 is 5.82 Å². The van der Waals surface area contributed by atoms with Crippen LogP contribution in [0.3, 0.4) is 0 Å². The first kappa shape index (κ1) is 27.5. The number of hydrogen-bond donors (Lipinski definition) is 2. The van der Waals surface area contributed by atoms with Crippen LogP contribution in [0.2, 0.25) is 10.2 Å². The number of fused-ring (bicyclic) bond motifs is 3. The Morgan fingerprint density at radius 3 is 2.86 bits per heavy atom. The van der Waals surface area contributed by atoms with Gasteiger partial charge in [0.2, 0.25) is 0 Å². The summed E-state index contributed by atoms with van der Waals surface area (Å²) in [7, 11) is 0. The number of nitriles is 1. The molecule has 1 saturated carbocycles. The third kappa shape index (κ3) is 5.59. The van der Waals surface area contributed by atoms with Crippen LogP contribution in [0.15, 0.2) is 59.3 Å². The molecule has 5 aromatic rings. The third-order valence-electron chi connectivity index (χ3n) is 7.97. The highest BCUT2D eigenvalue weighted by atomic mass is 35.5. The fourth-order valence-corrected chi connectivity index (χ4v) is 6.31. The predicted octanol–water partition coefficient (Wildman–Crippen LogP) is 7.18. The van der Waals surface area contributed by atoms with Gasteiger partial charge < -0.3 is 19.9 Å². The molecule has 0 amide bonds. The molecule has 7 rings (SSSR count). The van der Waals surface area contributed by atoms with Crippen molar-refractivity contribution in [1.82, 2.24) is 25.4 Å². The Morgan fingerprint density at radius 1 is 1.12 bits per heavy atom. The molecule has 2 aromatic carbocycles. The van der Waals surface area contributed by atoms with Crippen molar-refractivity contribution in [3.8, 4) is 23.3 Å². The second-order valence-electron chi connectivity index (χ2n) is 10.9. The molecule has 1 aliphatic heterocycles. The molecule has 1 saturated heterocycles. The summed E-state index contributed by atoms with van der Waals surface area (Å²) in [5, 5.41) is 22.0. The van der Waals surface area contributed by atoms with Crippen LogP contribution in [0.1, 0.15) is 42.3 Å². The van der Waals surface area contributed by atoms with Crippen LogP contribution in [0.25, 0.3) is 22.4 Å². The average molecular weight is 616 g/mol. The van der Waals surface area contributed by atoms with Gasteiger partial charge in [0.25, 0.3) is 5.89 Å². The monoisotopic (exact) mass is 615 g/mol. The summed E-state index contributed by atoms with van der Waals surface area (Å²) in [6.45, 7) is 1.07. The lowest BCUT2D eigenvalue weighted by Crippen LogP contribution is -2.24. The van der Waals surface area contributed by atoms with Crippen LogP contribution in [0.4, 0.5) is 15.8 Å². The zero-order valence-corrected chi connectivity index (χ0v) is 24.2. The van der Waals surface area contributed by atoms with E-state index in [1.54, 1.807) is 18.2 Å². The van der Waals surface area contributed by atoms with Gasteiger partial charge in [-0.05, 0) is 62.1 Å². The number of benzene rings is 2. The number of ether oxygens (including phenoxy) is 1. The fraction of sp³-hybridized carbons (Fsp3) is 0.258. The molecule has 2 aliphatic rings. The normalized spacial score (nSPS) is 19.3. The molecule has 3 aromatic heterocycles. The summed E-state index contributed by atoms with van der Waals surface area (Å²) in [6.07, 6.45) is 4.74. The van der Waals surface area contributed by atoms with Crippen molar-refractivity contribution in [2.24, 2.45) is 5.92 Å². The van der Waals surface area contributed by atoms with Gasteiger partial charge >= 0.3 is 0 Å². The van der Waals surface area contributed by atoms with Gasteiger partial charge in [-0.15, -0.1) is 0 Å². The fourth-order valence-electron chi connectivity index (χ4n) is 5.93. The standard InChI is InChI=1S/C31H24Cl2FN7O2/c32-23-10-27(42-15-20-2-1-3-28(33)38-20)24(34)11-26(23)39-29-19(12-35)14-37-25-9-17(4-5-22(25)29)31-40-30(41-43-31)18-6-16-7-21(8-18)36-13-16/h1-5,9-11,14,16,18,21,36H,6-8,13,15H2,(H,37,39). The van der Waals surface area contributed by atoms with Crippen LogP contribution in [0.5, 0.6) is 5.75 Å². The van der Waals surface area contributed by atoms with E-state index in [4.69, 9.17) is 37.4 Å². The van der Waals surface area contributed by atoms with Crippen LogP contribution in [0, 0.1) is 23.1 Å². The lowest BCUT2D eigenvalue weighted by Gasteiger charge is -2.24. The first-order valence-corrected chi connectivity index (χ1v) is 14.6. The van der Waals surface area contributed by atoms with Crippen molar-refractivity contribution in [1.29, 1.82) is 5.26 Å². The zero-order chi connectivity index (χ0) is 29.5. The van der Waals surface area contributed by atoms with Crippen molar-refractivity contribution in [2.45, 2.75) is 37.8 Å². The molecule has 2 N–H and O–H groups in total. The molecule has 3 unspecified atom stereocenters. The molecule has 3 atom stereocenters. The summed E-state index contributed by atoms with van der Waals surface area (Å²) >= 11 is 12.4. The van der Waals surface area contributed by atoms with Gasteiger partial charge in [0.05, 0.1) is 33.2 Å². The number of pyridine rings is 2. The van der Waals surface area contributed by atoms with Crippen molar-refractivity contribution >= 4 is 45.5 Å². The van der Waals surface area contributed by atoms with Gasteiger partial charge in [-0.2, -0.15) is 10.2 Å². The summed E-state index contributed by atoms with van der Waals surface area (Å²) in [6, 6.07) is 15.8. The Morgan fingerprint density at radius 2 is 2.02 bits per heavy atom. The van der Waals surface area contributed by atoms with Crippen LogP contribution in [-0.4, -0.2) is 32.7 Å². The molecule has 4 heterocycles. The molecule has 0 spiro atoms. The smallest absolute Gasteiger partial charge is 0.258 e. The minimum atomic E-state index is -0.637. The second kappa shape index (κ2) is 11.4. The van der Waals surface area contributed by atoms with E-state index >= 15 is 4.39 Å². The summed E-state index contributed by atoms with van der Waals surface area (Å²) in [4.78, 5) is 13.3. The van der Waals surface area contributed by atoms with Crippen molar-refractivity contribution in [2.75, 3.05) is 11.9 Å². The maximum absolute atomic E-state index is 15.1. The SMILES string of the molecule is N#Cc1cnc2cc(-c3nc(C4CC5CNC(C5)C4)no3)ccc2c1Nc1cc(F)c(OCc2cccc(Cl)n2)cc1Cl. The maximum Gasteiger partial charge on any atom is 0.258 e. The lowest BCUT2D eigenvalue weighted by atomic mass is 9.81. The minimum absolute atomic E-state index is 0.0108. The third-order valence-corrected chi connectivity index (χ3v) is 8.50. The van der Waals surface area contributed by atoms with Gasteiger partial charge in [-0.3, -0.25) is 4.98 Å². The maximum atomic E-state index is 15.1. The van der Waals surface area contributed by atoms with E-state index in [0.29, 0.717) is 50.9 Å². The predicted molar refractivity (Wildman–Crippen MR) is 160 cm³/mol. The molecule has 43 heavy (non-hydrogen) atoms. The first-order valence-electron chi connectivity index (χ1n) is 13.8. The number of nitrogens with one attached hydrogen (secondary N) is 2. The molecular weight excluding hydrogens is 592 g/mol. The van der Waals surface area contributed by atoms with E-state index in [1.807, 2.05) is 18.2 Å². The molecule has 216 valence electrons. The van der Waals surface area contributed by atoms with Crippen molar-refractivity contribution < 1.29 is 13.7 Å². The van der Waals surface area contributed by atoms with Gasteiger partial charge in [0.1, 0.15) is 17.8 Å². The van der Waals surface area contributed by atoms with Gasteiger partial charge in [-0.25, -0.2) is 9.37 Å². The zero-order valence-electron chi connectivity index (χ0n) is 22.7. The van der Waals surface area contributed by atoms with E-state index in [-0.39, 0.29) is 34.5 Å². The highest BCUT2D eigenvalue weighted by Crippen LogP contribution is 2.40. The Balaban J connectivity index is 1.14. The van der Waals surface area contributed by atoms with E-state index in [9.17, 15) is 5.26 Å². The number of aromatic nitrogens is 4. The summed E-state index contributed by atoms with van der Waals surface area (Å²) in [5.74, 6) is 1.40. The highest BCUT2D eigenvalue weighted by Gasteiger charge is 2.36. The van der Waals surface area contributed by atoms with Gasteiger partial charge in [0, 0.05) is 41.2 Å². The van der Waals surface area contributed by atoms with Crippen LogP contribution in [-0.2, 0) is 6.61 Å². The van der Waals surface area contributed by atoms with Crippen LogP contribution < -0.4 is 15.4 Å². The van der Waals surface area contributed by atoms with Gasteiger partial charge in [0.15, 0.2) is 17.4 Å². The Bertz CT molecular complexity index is 1880. The molecule has 2 bridgehead atoms. The summed E-state index contributed by atoms with van der Waals surface area (Å²) < 4.78 is 26.3. The van der Waals surface area contributed by atoms with Crippen molar-refractivity contribution in [3.63, 3.8) is 0 Å².